The second kappa shape index (κ2) is 6.76. The van der Waals surface area contributed by atoms with Crippen molar-refractivity contribution in [2.45, 2.75) is 11.9 Å². The van der Waals surface area contributed by atoms with Crippen LogP contribution in [0.1, 0.15) is 16.5 Å². The molecule has 0 aliphatic carbocycles. The summed E-state index contributed by atoms with van der Waals surface area (Å²) in [7, 11) is 1.56. The fourth-order valence-corrected chi connectivity index (χ4v) is 3.75. The fourth-order valence-electron chi connectivity index (χ4n) is 2.57. The van der Waals surface area contributed by atoms with Crippen molar-refractivity contribution < 1.29 is 22.7 Å². The van der Waals surface area contributed by atoms with Gasteiger partial charge in [-0.1, -0.05) is 12.1 Å². The molecule has 2 aromatic rings. The fraction of sp³-hybridized carbons (Fsp3) is 0.235. The van der Waals surface area contributed by atoms with Gasteiger partial charge in [0.2, 0.25) is 5.91 Å². The van der Waals surface area contributed by atoms with Crippen molar-refractivity contribution in [3.8, 4) is 5.75 Å². The van der Waals surface area contributed by atoms with Crippen LogP contribution in [0.5, 0.6) is 5.75 Å². The summed E-state index contributed by atoms with van der Waals surface area (Å²) in [6.07, 6.45) is 0. The van der Waals surface area contributed by atoms with Crippen molar-refractivity contribution in [3.63, 3.8) is 0 Å². The highest BCUT2D eigenvalue weighted by Gasteiger charge is 2.33. The normalized spacial score (nSPS) is 17.4. The van der Waals surface area contributed by atoms with Gasteiger partial charge in [0.25, 0.3) is 0 Å². The molecule has 1 atom stereocenters. The van der Waals surface area contributed by atoms with Gasteiger partial charge in [-0.05, 0) is 35.4 Å². The number of hydrogen-bond acceptors (Lipinski definition) is 3. The van der Waals surface area contributed by atoms with Crippen LogP contribution >= 0.6 is 11.8 Å². The summed E-state index contributed by atoms with van der Waals surface area (Å²) in [6, 6.07) is 9.09. The highest BCUT2D eigenvalue weighted by atomic mass is 32.2. The molecule has 1 fully saturated rings. The van der Waals surface area contributed by atoms with Gasteiger partial charge in [0.1, 0.15) is 11.1 Å². The Morgan fingerprint density at radius 1 is 1.17 bits per heavy atom. The van der Waals surface area contributed by atoms with E-state index in [0.717, 1.165) is 17.7 Å². The summed E-state index contributed by atoms with van der Waals surface area (Å²) in [5.41, 5.74) is 1.09. The number of ether oxygens (including phenoxy) is 1. The highest BCUT2D eigenvalue weighted by molar-refractivity contribution is 8.00. The topological polar surface area (TPSA) is 29.5 Å². The van der Waals surface area contributed by atoms with E-state index in [2.05, 4.69) is 0 Å². The molecular weight excluding hydrogens is 339 g/mol. The second-order valence-corrected chi connectivity index (χ2v) is 6.40. The molecule has 2 aromatic carbocycles. The minimum Gasteiger partial charge on any atom is -0.497 e. The second-order valence-electron chi connectivity index (χ2n) is 5.33. The lowest BCUT2D eigenvalue weighted by Crippen LogP contribution is -2.27. The average molecular weight is 353 g/mol. The van der Waals surface area contributed by atoms with E-state index < -0.39 is 17.5 Å². The van der Waals surface area contributed by atoms with Crippen molar-refractivity contribution in [3.05, 3.63) is 65.0 Å². The van der Waals surface area contributed by atoms with Crippen LogP contribution < -0.4 is 4.74 Å². The lowest BCUT2D eigenvalue weighted by molar-refractivity contribution is -0.128. The Morgan fingerprint density at radius 3 is 2.38 bits per heavy atom. The third-order valence-corrected chi connectivity index (χ3v) is 5.02. The summed E-state index contributed by atoms with van der Waals surface area (Å²) < 4.78 is 44.9. The molecule has 0 bridgehead atoms. The zero-order chi connectivity index (χ0) is 17.3. The smallest absolute Gasteiger partial charge is 0.234 e. The average Bonchev–Trinajstić information content (AvgIpc) is 2.93. The molecule has 0 radical (unpaired) electrons. The summed E-state index contributed by atoms with van der Waals surface area (Å²) in [6.45, 7) is 0.0106. The Morgan fingerprint density at radius 2 is 1.79 bits per heavy atom. The van der Waals surface area contributed by atoms with Gasteiger partial charge in [0, 0.05) is 6.54 Å². The molecule has 126 valence electrons. The first-order chi connectivity index (χ1) is 11.5. The number of amides is 1. The molecule has 0 aromatic heterocycles. The quantitative estimate of drug-likeness (QED) is 0.781. The Labute approximate surface area is 141 Å². The van der Waals surface area contributed by atoms with Crippen molar-refractivity contribution >= 4 is 17.7 Å². The number of carbonyl (C=O) groups is 1. The largest absolute Gasteiger partial charge is 0.497 e. The molecule has 24 heavy (non-hydrogen) atoms. The maximum atomic E-state index is 13.4. The number of nitrogens with zero attached hydrogens (tertiary/aromatic N) is 1. The van der Waals surface area contributed by atoms with Crippen LogP contribution in [0.4, 0.5) is 13.2 Å². The molecule has 0 saturated carbocycles. The summed E-state index contributed by atoms with van der Waals surface area (Å²) in [5, 5.41) is -0.264. The van der Waals surface area contributed by atoms with Crippen LogP contribution in [0, 0.1) is 17.5 Å². The maximum Gasteiger partial charge on any atom is 0.234 e. The predicted molar refractivity (Wildman–Crippen MR) is 85.1 cm³/mol. The monoisotopic (exact) mass is 353 g/mol. The van der Waals surface area contributed by atoms with Gasteiger partial charge in [-0.2, -0.15) is 0 Å². The minimum atomic E-state index is -1.51. The lowest BCUT2D eigenvalue weighted by atomic mass is 10.1. The first kappa shape index (κ1) is 16.7. The standard InChI is InChI=1S/C17H14F3NO2S/c1-23-12-4-2-11(3-5-12)17-21(15(22)9-24-17)8-10-6-13(18)16(20)14(19)7-10/h2-7,17H,8-9H2,1H3. The molecule has 3 rings (SSSR count). The number of rotatable bonds is 4. The van der Waals surface area contributed by atoms with Crippen molar-refractivity contribution in [2.24, 2.45) is 0 Å². The van der Waals surface area contributed by atoms with Crippen LogP contribution in [-0.4, -0.2) is 23.7 Å². The maximum absolute atomic E-state index is 13.4. The highest BCUT2D eigenvalue weighted by Crippen LogP contribution is 2.40. The van der Waals surface area contributed by atoms with E-state index in [9.17, 15) is 18.0 Å². The zero-order valence-corrected chi connectivity index (χ0v) is 13.6. The van der Waals surface area contributed by atoms with E-state index in [-0.39, 0.29) is 29.1 Å². The third-order valence-electron chi connectivity index (χ3n) is 3.77. The summed E-state index contributed by atoms with van der Waals surface area (Å²) in [5.74, 6) is -3.18. The molecule has 1 unspecified atom stereocenters. The Balaban J connectivity index is 1.85. The number of methoxy groups -OCH3 is 1. The van der Waals surface area contributed by atoms with E-state index in [4.69, 9.17) is 4.74 Å². The molecule has 0 spiro atoms. The molecule has 1 saturated heterocycles. The van der Waals surface area contributed by atoms with E-state index in [1.54, 1.807) is 19.2 Å². The summed E-state index contributed by atoms with van der Waals surface area (Å²) >= 11 is 1.43. The lowest BCUT2D eigenvalue weighted by Gasteiger charge is -2.24. The molecular formula is C17H14F3NO2S. The van der Waals surface area contributed by atoms with Crippen LogP contribution in [-0.2, 0) is 11.3 Å². The third kappa shape index (κ3) is 3.21. The first-order valence-corrected chi connectivity index (χ1v) is 8.23. The van der Waals surface area contributed by atoms with Gasteiger partial charge < -0.3 is 9.64 Å². The number of halogens is 3. The molecule has 1 aliphatic rings. The Hall–Kier alpha value is -2.15. The minimum absolute atomic E-state index is 0.0106. The van der Waals surface area contributed by atoms with Crippen LogP contribution in [0.3, 0.4) is 0 Å². The number of carbonyl (C=O) groups excluding carboxylic acids is 1. The molecule has 7 heteroatoms. The molecule has 1 amide bonds. The molecule has 0 N–H and O–H groups in total. The molecule has 1 aliphatic heterocycles. The number of thioether (sulfide) groups is 1. The van der Waals surface area contributed by atoms with Gasteiger partial charge >= 0.3 is 0 Å². The zero-order valence-electron chi connectivity index (χ0n) is 12.8. The van der Waals surface area contributed by atoms with Gasteiger partial charge in [-0.25, -0.2) is 13.2 Å². The predicted octanol–water partition coefficient (Wildman–Crippen LogP) is 3.89. The van der Waals surface area contributed by atoms with Crippen LogP contribution in [0.2, 0.25) is 0 Å². The van der Waals surface area contributed by atoms with E-state index >= 15 is 0 Å². The first-order valence-electron chi connectivity index (χ1n) is 7.18. The number of benzene rings is 2. The van der Waals surface area contributed by atoms with Crippen molar-refractivity contribution in [1.82, 2.24) is 4.90 Å². The van der Waals surface area contributed by atoms with E-state index in [1.807, 2.05) is 12.1 Å². The molecule has 1 heterocycles. The van der Waals surface area contributed by atoms with Gasteiger partial charge in [-0.15, -0.1) is 11.8 Å². The van der Waals surface area contributed by atoms with Crippen LogP contribution in [0.25, 0.3) is 0 Å². The van der Waals surface area contributed by atoms with E-state index in [1.165, 1.54) is 16.7 Å². The Kier molecular flexibility index (Phi) is 4.71. The Bertz CT molecular complexity index is 744. The SMILES string of the molecule is COc1ccc(C2SCC(=O)N2Cc2cc(F)c(F)c(F)c2)cc1. The van der Waals surface area contributed by atoms with Gasteiger partial charge in [0.15, 0.2) is 17.5 Å². The van der Waals surface area contributed by atoms with E-state index in [0.29, 0.717) is 5.75 Å². The van der Waals surface area contributed by atoms with Crippen molar-refractivity contribution in [2.75, 3.05) is 12.9 Å². The van der Waals surface area contributed by atoms with Crippen LogP contribution in [0.15, 0.2) is 36.4 Å². The van der Waals surface area contributed by atoms with Crippen molar-refractivity contribution in [1.29, 1.82) is 0 Å². The summed E-state index contributed by atoms with van der Waals surface area (Å²) in [4.78, 5) is 13.7. The molecule has 3 nitrogen and oxygen atoms in total. The van der Waals surface area contributed by atoms with Gasteiger partial charge in [0.05, 0.1) is 12.9 Å². The van der Waals surface area contributed by atoms with Gasteiger partial charge in [-0.3, -0.25) is 4.79 Å². The number of hydrogen-bond donors (Lipinski definition) is 0.